The minimum Gasteiger partial charge on any atom is -0.333 e. The molecule has 1 amide bonds. The van der Waals surface area contributed by atoms with Crippen LogP contribution in [0.1, 0.15) is 23.3 Å². The van der Waals surface area contributed by atoms with Gasteiger partial charge in [0, 0.05) is 36.5 Å². The quantitative estimate of drug-likeness (QED) is 0.579. The van der Waals surface area contributed by atoms with Crippen LogP contribution in [0.4, 0.5) is 4.39 Å². The van der Waals surface area contributed by atoms with Gasteiger partial charge < -0.3 is 4.90 Å². The summed E-state index contributed by atoms with van der Waals surface area (Å²) in [5, 5.41) is 0.252. The van der Waals surface area contributed by atoms with Gasteiger partial charge in [0.15, 0.2) is 0 Å². The molecular formula is C21H19ClFN5O3S. The third-order valence-corrected chi connectivity index (χ3v) is 8.20. The second-order valence-electron chi connectivity index (χ2n) is 7.76. The van der Waals surface area contributed by atoms with E-state index in [1.165, 1.54) is 58.1 Å². The number of sulfonamides is 1. The van der Waals surface area contributed by atoms with Crippen LogP contribution in [0.25, 0.3) is 5.69 Å². The van der Waals surface area contributed by atoms with Crippen molar-refractivity contribution in [1.82, 2.24) is 23.7 Å². The van der Waals surface area contributed by atoms with Gasteiger partial charge in [0.05, 0.1) is 24.3 Å². The van der Waals surface area contributed by atoms with E-state index in [9.17, 15) is 17.6 Å². The number of aromatic nitrogens is 3. The van der Waals surface area contributed by atoms with Gasteiger partial charge in [0.2, 0.25) is 10.0 Å². The number of amides is 1. The summed E-state index contributed by atoms with van der Waals surface area (Å²) in [6.45, 7) is 0.725. The van der Waals surface area contributed by atoms with Crippen LogP contribution in [0.3, 0.4) is 0 Å². The molecule has 166 valence electrons. The first kappa shape index (κ1) is 21.0. The van der Waals surface area contributed by atoms with Gasteiger partial charge in [0.25, 0.3) is 5.91 Å². The number of carbonyl (C=O) groups excluding carboxylic acids is 1. The second-order valence-corrected chi connectivity index (χ2v) is 10.1. The first-order valence-electron chi connectivity index (χ1n) is 10.1. The SMILES string of the molecule is O=C(c1cncn1-c1ccc(Cl)cc1F)N1CC[C@@H]2[C@H]1CCN2S(=O)(=O)c1cccnc1. The molecule has 11 heteroatoms. The van der Waals surface area contributed by atoms with Crippen LogP contribution in [0.15, 0.2) is 60.1 Å². The molecule has 0 radical (unpaired) electrons. The van der Waals surface area contributed by atoms with E-state index >= 15 is 0 Å². The molecule has 2 aliphatic heterocycles. The molecular weight excluding hydrogens is 457 g/mol. The Morgan fingerprint density at radius 3 is 2.66 bits per heavy atom. The minimum atomic E-state index is -3.70. The van der Waals surface area contributed by atoms with Gasteiger partial charge in [0.1, 0.15) is 16.4 Å². The van der Waals surface area contributed by atoms with E-state index in [1.807, 2.05) is 0 Å². The molecule has 0 saturated carbocycles. The summed E-state index contributed by atoms with van der Waals surface area (Å²) in [4.78, 5) is 23.2. The van der Waals surface area contributed by atoms with Crippen molar-refractivity contribution in [1.29, 1.82) is 0 Å². The van der Waals surface area contributed by atoms with E-state index in [0.29, 0.717) is 25.9 Å². The van der Waals surface area contributed by atoms with Gasteiger partial charge in [-0.3, -0.25) is 14.3 Å². The summed E-state index contributed by atoms with van der Waals surface area (Å²) >= 11 is 5.84. The molecule has 0 bridgehead atoms. The second kappa shape index (κ2) is 7.95. The molecule has 4 heterocycles. The number of pyridine rings is 1. The topological polar surface area (TPSA) is 88.4 Å². The monoisotopic (exact) mass is 475 g/mol. The first-order valence-corrected chi connectivity index (χ1v) is 11.9. The minimum absolute atomic E-state index is 0.140. The van der Waals surface area contributed by atoms with Gasteiger partial charge in [-0.25, -0.2) is 17.8 Å². The van der Waals surface area contributed by atoms with Crippen LogP contribution in [0.5, 0.6) is 0 Å². The Bertz CT molecular complexity index is 1280. The Labute approximate surface area is 189 Å². The molecule has 2 aliphatic rings. The number of nitrogens with zero attached hydrogens (tertiary/aromatic N) is 5. The van der Waals surface area contributed by atoms with Crippen molar-refractivity contribution in [3.63, 3.8) is 0 Å². The highest BCUT2D eigenvalue weighted by atomic mass is 35.5. The first-order chi connectivity index (χ1) is 15.4. The number of likely N-dealkylation sites (tertiary alicyclic amines) is 1. The summed E-state index contributed by atoms with van der Waals surface area (Å²) in [5.74, 6) is -0.886. The third-order valence-electron chi connectivity index (χ3n) is 6.05. The van der Waals surface area contributed by atoms with Gasteiger partial charge in [-0.05, 0) is 43.2 Å². The highest BCUT2D eigenvalue weighted by Gasteiger charge is 2.49. The number of halogens is 2. The summed E-state index contributed by atoms with van der Waals surface area (Å²) in [6, 6.07) is 6.74. The number of rotatable bonds is 4. The van der Waals surface area contributed by atoms with Crippen LogP contribution in [0.2, 0.25) is 5.02 Å². The van der Waals surface area contributed by atoms with Gasteiger partial charge in [-0.15, -0.1) is 0 Å². The van der Waals surface area contributed by atoms with Crippen LogP contribution in [0, 0.1) is 5.82 Å². The average Bonchev–Trinajstić information content (AvgIpc) is 3.50. The molecule has 0 spiro atoms. The smallest absolute Gasteiger partial charge is 0.272 e. The van der Waals surface area contributed by atoms with Crippen molar-refractivity contribution >= 4 is 27.5 Å². The Balaban J connectivity index is 1.41. The van der Waals surface area contributed by atoms with Gasteiger partial charge in [-0.1, -0.05) is 11.6 Å². The molecule has 2 atom stereocenters. The largest absolute Gasteiger partial charge is 0.333 e. The van der Waals surface area contributed by atoms with E-state index in [4.69, 9.17) is 11.6 Å². The molecule has 32 heavy (non-hydrogen) atoms. The van der Waals surface area contributed by atoms with Crippen LogP contribution in [-0.4, -0.2) is 63.2 Å². The van der Waals surface area contributed by atoms with Crippen molar-refractivity contribution in [2.24, 2.45) is 0 Å². The number of hydrogen-bond donors (Lipinski definition) is 0. The van der Waals surface area contributed by atoms with E-state index in [1.54, 1.807) is 11.0 Å². The number of hydrogen-bond acceptors (Lipinski definition) is 5. The molecule has 1 aromatic carbocycles. The maximum absolute atomic E-state index is 14.5. The molecule has 2 fully saturated rings. The average molecular weight is 476 g/mol. The summed E-state index contributed by atoms with van der Waals surface area (Å²) in [7, 11) is -3.70. The normalized spacial score (nSPS) is 21.1. The van der Waals surface area contributed by atoms with Crippen LogP contribution in [-0.2, 0) is 10.0 Å². The Hall–Kier alpha value is -2.82. The van der Waals surface area contributed by atoms with E-state index in [-0.39, 0.29) is 39.3 Å². The molecule has 8 nitrogen and oxygen atoms in total. The zero-order valence-corrected chi connectivity index (χ0v) is 18.4. The number of fused-ring (bicyclic) bond motifs is 1. The van der Waals surface area contributed by atoms with E-state index in [2.05, 4.69) is 9.97 Å². The molecule has 0 aliphatic carbocycles. The molecule has 0 unspecified atom stereocenters. The fourth-order valence-corrected chi connectivity index (χ4v) is 6.42. The highest BCUT2D eigenvalue weighted by Crippen LogP contribution is 2.36. The molecule has 0 N–H and O–H groups in total. The summed E-state index contributed by atoms with van der Waals surface area (Å²) in [5.41, 5.74) is 0.374. The lowest BCUT2D eigenvalue weighted by Gasteiger charge is -2.25. The molecule has 2 aromatic heterocycles. The highest BCUT2D eigenvalue weighted by molar-refractivity contribution is 7.89. The lowest BCUT2D eigenvalue weighted by atomic mass is 10.1. The van der Waals surface area contributed by atoms with Crippen LogP contribution >= 0.6 is 11.6 Å². The molecule has 5 rings (SSSR count). The lowest BCUT2D eigenvalue weighted by molar-refractivity contribution is 0.0727. The molecule has 2 saturated heterocycles. The fraction of sp³-hybridized carbons (Fsp3) is 0.286. The predicted molar refractivity (Wildman–Crippen MR) is 115 cm³/mol. The third kappa shape index (κ3) is 3.39. The maximum Gasteiger partial charge on any atom is 0.272 e. The van der Waals surface area contributed by atoms with Crippen molar-refractivity contribution < 1.29 is 17.6 Å². The van der Waals surface area contributed by atoms with Crippen molar-refractivity contribution in [3.8, 4) is 5.69 Å². The van der Waals surface area contributed by atoms with Gasteiger partial charge >= 0.3 is 0 Å². The van der Waals surface area contributed by atoms with Crippen molar-refractivity contribution in [2.75, 3.05) is 13.1 Å². The zero-order valence-electron chi connectivity index (χ0n) is 16.8. The lowest BCUT2D eigenvalue weighted by Crippen LogP contribution is -2.42. The van der Waals surface area contributed by atoms with E-state index in [0.717, 1.165) is 0 Å². The Morgan fingerprint density at radius 1 is 1.09 bits per heavy atom. The summed E-state index contributed by atoms with van der Waals surface area (Å²) < 4.78 is 43.5. The van der Waals surface area contributed by atoms with Crippen molar-refractivity contribution in [2.45, 2.75) is 29.8 Å². The number of imidazole rings is 1. The number of carbonyl (C=O) groups is 1. The maximum atomic E-state index is 14.5. The van der Waals surface area contributed by atoms with Crippen molar-refractivity contribution in [3.05, 3.63) is 71.8 Å². The number of benzene rings is 1. The fourth-order valence-electron chi connectivity index (χ4n) is 4.60. The zero-order chi connectivity index (χ0) is 22.5. The predicted octanol–water partition coefficient (Wildman–Crippen LogP) is 2.74. The molecule has 3 aromatic rings. The summed E-state index contributed by atoms with van der Waals surface area (Å²) in [6.07, 6.45) is 6.68. The Kier molecular flexibility index (Phi) is 5.23. The van der Waals surface area contributed by atoms with E-state index < -0.39 is 15.8 Å². The van der Waals surface area contributed by atoms with Crippen LogP contribution < -0.4 is 0 Å². The van der Waals surface area contributed by atoms with Gasteiger partial charge in [-0.2, -0.15) is 4.31 Å². The standard InChI is InChI=1S/C21H19ClFN5O3S/c22-14-3-4-17(16(23)10-14)27-13-25-12-20(27)21(29)26-8-5-19-18(26)6-9-28(19)32(30,31)15-2-1-7-24-11-15/h1-4,7,10-13,18-19H,5-6,8-9H2/t18-,19-/m1/s1. The Morgan fingerprint density at radius 2 is 1.91 bits per heavy atom.